The number of amides is 1. The molecule has 2 N–H and O–H groups in total. The number of rotatable bonds is 5. The van der Waals surface area contributed by atoms with Gasteiger partial charge in [-0.15, -0.1) is 0 Å². The molecule has 0 saturated carbocycles. The maximum Gasteiger partial charge on any atom is 0.265 e. The zero-order valence-corrected chi connectivity index (χ0v) is 10.5. The van der Waals surface area contributed by atoms with Gasteiger partial charge in [0.1, 0.15) is 6.10 Å². The Labute approximate surface area is 106 Å². The summed E-state index contributed by atoms with van der Waals surface area (Å²) in [6.07, 6.45) is -4.56. The number of halogens is 3. The molecule has 0 bridgehead atoms. The molecule has 0 aliphatic heterocycles. The van der Waals surface area contributed by atoms with Crippen LogP contribution in [-0.4, -0.2) is 30.1 Å². The molecule has 1 rings (SSSR count). The van der Waals surface area contributed by atoms with E-state index < -0.39 is 25.0 Å². The van der Waals surface area contributed by atoms with Gasteiger partial charge in [-0.3, -0.25) is 4.79 Å². The second kappa shape index (κ2) is 6.66. The fourth-order valence-corrected chi connectivity index (χ4v) is 1.42. The molecule has 1 aromatic rings. The average molecular weight is 308 g/mol. The second-order valence-electron chi connectivity index (χ2n) is 3.51. The zero-order chi connectivity index (χ0) is 12.8. The minimum absolute atomic E-state index is 0.100. The highest BCUT2D eigenvalue weighted by Crippen LogP contribution is 2.10. The van der Waals surface area contributed by atoms with Crippen molar-refractivity contribution in [2.24, 2.45) is 0 Å². The lowest BCUT2D eigenvalue weighted by atomic mass is 10.1. The fraction of sp³-hybridized carbons (Fsp3) is 0.364. The van der Waals surface area contributed by atoms with Gasteiger partial charge < -0.3 is 10.4 Å². The van der Waals surface area contributed by atoms with Gasteiger partial charge in [-0.1, -0.05) is 28.1 Å². The highest BCUT2D eigenvalue weighted by atomic mass is 79.9. The van der Waals surface area contributed by atoms with Crippen LogP contribution >= 0.6 is 15.9 Å². The third-order valence-corrected chi connectivity index (χ3v) is 2.61. The molecule has 0 saturated heterocycles. The smallest absolute Gasteiger partial charge is 0.265 e. The van der Waals surface area contributed by atoms with Crippen molar-refractivity contribution >= 4 is 21.8 Å². The number of alkyl halides is 2. The standard InChI is InChI=1S/C11H12BrF2NO2/c12-8-3-1-7(2-4-8)5-10(17)15-6-9(16)11(13)14/h1-4,9,11,16H,5-6H2,(H,15,17). The number of aliphatic hydroxyl groups excluding tert-OH is 1. The van der Waals surface area contributed by atoms with Crippen molar-refractivity contribution in [3.8, 4) is 0 Å². The van der Waals surface area contributed by atoms with Crippen molar-refractivity contribution in [3.05, 3.63) is 34.3 Å². The van der Waals surface area contributed by atoms with E-state index in [9.17, 15) is 13.6 Å². The summed E-state index contributed by atoms with van der Waals surface area (Å²) in [5.74, 6) is -0.396. The number of carbonyl (C=O) groups excluding carboxylic acids is 1. The summed E-state index contributed by atoms with van der Waals surface area (Å²) in [7, 11) is 0. The van der Waals surface area contributed by atoms with Gasteiger partial charge in [-0.25, -0.2) is 8.78 Å². The first-order chi connectivity index (χ1) is 7.99. The molecule has 0 spiro atoms. The van der Waals surface area contributed by atoms with Crippen molar-refractivity contribution < 1.29 is 18.7 Å². The normalized spacial score (nSPS) is 12.5. The molecule has 17 heavy (non-hydrogen) atoms. The Kier molecular flexibility index (Phi) is 5.50. The number of hydrogen-bond donors (Lipinski definition) is 2. The maximum atomic E-state index is 11.9. The van der Waals surface area contributed by atoms with Gasteiger partial charge in [-0.2, -0.15) is 0 Å². The monoisotopic (exact) mass is 307 g/mol. The topological polar surface area (TPSA) is 49.3 Å². The lowest BCUT2D eigenvalue weighted by Crippen LogP contribution is -2.36. The quantitative estimate of drug-likeness (QED) is 0.870. The van der Waals surface area contributed by atoms with E-state index in [0.29, 0.717) is 0 Å². The molecule has 1 amide bonds. The van der Waals surface area contributed by atoms with E-state index in [2.05, 4.69) is 21.2 Å². The third-order valence-electron chi connectivity index (χ3n) is 2.08. The van der Waals surface area contributed by atoms with E-state index in [1.54, 1.807) is 24.3 Å². The average Bonchev–Trinajstić information content (AvgIpc) is 2.29. The van der Waals surface area contributed by atoms with E-state index in [1.807, 2.05) is 0 Å². The van der Waals surface area contributed by atoms with Crippen molar-refractivity contribution in [2.75, 3.05) is 6.54 Å². The van der Waals surface area contributed by atoms with E-state index in [-0.39, 0.29) is 6.42 Å². The van der Waals surface area contributed by atoms with Gasteiger partial charge >= 0.3 is 0 Å². The van der Waals surface area contributed by atoms with Crippen LogP contribution < -0.4 is 5.32 Å². The lowest BCUT2D eigenvalue weighted by molar-refractivity contribution is -0.121. The first-order valence-electron chi connectivity index (χ1n) is 4.96. The molecule has 0 aliphatic rings. The minimum Gasteiger partial charge on any atom is -0.385 e. The van der Waals surface area contributed by atoms with Gasteiger partial charge in [0.05, 0.1) is 6.42 Å². The molecule has 94 valence electrons. The summed E-state index contributed by atoms with van der Waals surface area (Å²) in [5.41, 5.74) is 0.775. The minimum atomic E-state index is -2.84. The van der Waals surface area contributed by atoms with Crippen LogP contribution in [0, 0.1) is 0 Å². The van der Waals surface area contributed by atoms with Gasteiger partial charge in [0, 0.05) is 11.0 Å². The molecule has 0 aromatic heterocycles. The SMILES string of the molecule is O=C(Cc1ccc(Br)cc1)NCC(O)C(F)F. The van der Waals surface area contributed by atoms with Crippen molar-refractivity contribution in [2.45, 2.75) is 19.0 Å². The Bertz CT molecular complexity index is 370. The fourth-order valence-electron chi connectivity index (χ4n) is 1.16. The van der Waals surface area contributed by atoms with Gasteiger partial charge in [0.15, 0.2) is 0 Å². The third kappa shape index (κ3) is 5.23. The van der Waals surface area contributed by atoms with E-state index in [1.165, 1.54) is 0 Å². The Balaban J connectivity index is 2.37. The first-order valence-corrected chi connectivity index (χ1v) is 5.75. The molecule has 6 heteroatoms. The number of carbonyl (C=O) groups is 1. The Morgan fingerprint density at radius 2 is 1.94 bits per heavy atom. The summed E-state index contributed by atoms with van der Waals surface area (Å²) >= 11 is 3.26. The van der Waals surface area contributed by atoms with Crippen molar-refractivity contribution in [1.82, 2.24) is 5.32 Å². The summed E-state index contributed by atoms with van der Waals surface area (Å²) in [5, 5.41) is 11.1. The lowest BCUT2D eigenvalue weighted by Gasteiger charge is -2.10. The molecule has 0 radical (unpaired) electrons. The molecule has 1 atom stereocenters. The number of hydrogen-bond acceptors (Lipinski definition) is 2. The van der Waals surface area contributed by atoms with Crippen LogP contribution in [0.3, 0.4) is 0 Å². The van der Waals surface area contributed by atoms with Crippen LogP contribution in [0.1, 0.15) is 5.56 Å². The Morgan fingerprint density at radius 1 is 1.35 bits per heavy atom. The summed E-state index contributed by atoms with van der Waals surface area (Å²) < 4.78 is 24.8. The molecule has 0 fully saturated rings. The molecular formula is C11H12BrF2NO2. The second-order valence-corrected chi connectivity index (χ2v) is 4.42. The van der Waals surface area contributed by atoms with Crippen molar-refractivity contribution in [3.63, 3.8) is 0 Å². The highest BCUT2D eigenvalue weighted by Gasteiger charge is 2.17. The predicted octanol–water partition coefficient (Wildman–Crippen LogP) is 1.73. The van der Waals surface area contributed by atoms with Crippen LogP contribution in [0.5, 0.6) is 0 Å². The van der Waals surface area contributed by atoms with E-state index >= 15 is 0 Å². The van der Waals surface area contributed by atoms with E-state index in [0.717, 1.165) is 10.0 Å². The first kappa shape index (κ1) is 14.1. The number of aliphatic hydroxyl groups is 1. The van der Waals surface area contributed by atoms with E-state index in [4.69, 9.17) is 5.11 Å². The Hall–Kier alpha value is -1.01. The summed E-state index contributed by atoms with van der Waals surface area (Å²) in [6.45, 7) is -0.437. The van der Waals surface area contributed by atoms with Gasteiger partial charge in [0.2, 0.25) is 5.91 Å². The highest BCUT2D eigenvalue weighted by molar-refractivity contribution is 9.10. The van der Waals surface area contributed by atoms with Crippen LogP contribution in [0.4, 0.5) is 8.78 Å². The predicted molar refractivity (Wildman–Crippen MR) is 62.9 cm³/mol. The molecular weight excluding hydrogens is 296 g/mol. The molecule has 1 aromatic carbocycles. The molecule has 1 unspecified atom stereocenters. The Morgan fingerprint density at radius 3 is 2.47 bits per heavy atom. The van der Waals surface area contributed by atoms with Crippen LogP contribution in [0.25, 0.3) is 0 Å². The summed E-state index contributed by atoms with van der Waals surface area (Å²) in [6, 6.07) is 7.09. The zero-order valence-electron chi connectivity index (χ0n) is 8.87. The van der Waals surface area contributed by atoms with Gasteiger partial charge in [-0.05, 0) is 17.7 Å². The van der Waals surface area contributed by atoms with Crippen LogP contribution in [-0.2, 0) is 11.2 Å². The molecule has 0 heterocycles. The largest absolute Gasteiger partial charge is 0.385 e. The summed E-state index contributed by atoms with van der Waals surface area (Å²) in [4.78, 5) is 11.3. The number of benzene rings is 1. The maximum absolute atomic E-state index is 11.9. The molecule has 3 nitrogen and oxygen atoms in total. The molecule has 0 aliphatic carbocycles. The van der Waals surface area contributed by atoms with Gasteiger partial charge in [0.25, 0.3) is 6.43 Å². The van der Waals surface area contributed by atoms with Crippen LogP contribution in [0.15, 0.2) is 28.7 Å². The van der Waals surface area contributed by atoms with Crippen LogP contribution in [0.2, 0.25) is 0 Å². The number of nitrogens with one attached hydrogen (secondary N) is 1. The van der Waals surface area contributed by atoms with Crippen molar-refractivity contribution in [1.29, 1.82) is 0 Å².